The van der Waals surface area contributed by atoms with Gasteiger partial charge in [-0.05, 0) is 30.7 Å². The minimum atomic E-state index is -3.59. The quantitative estimate of drug-likeness (QED) is 0.816. The Morgan fingerprint density at radius 1 is 1.19 bits per heavy atom. The Kier molecular flexibility index (Phi) is 5.50. The standard InChI is InChI=1S/C18H19ClN2O4S/c1-13-6-8-15(9-7-13)21-11-16(25-18(21)22)10-20-26(23,24)12-14-4-2-3-5-17(14)19/h2-9,16,20H,10-12H2,1H3. The van der Waals surface area contributed by atoms with Crippen molar-refractivity contribution in [1.29, 1.82) is 0 Å². The topological polar surface area (TPSA) is 75.7 Å². The van der Waals surface area contributed by atoms with Crippen LogP contribution in [0, 0.1) is 6.92 Å². The summed E-state index contributed by atoms with van der Waals surface area (Å²) in [5, 5.41) is 0.399. The number of ether oxygens (including phenoxy) is 1. The molecule has 26 heavy (non-hydrogen) atoms. The van der Waals surface area contributed by atoms with E-state index in [-0.39, 0.29) is 18.8 Å². The number of rotatable bonds is 6. The summed E-state index contributed by atoms with van der Waals surface area (Å²) in [6.07, 6.45) is -1.03. The first-order valence-corrected chi connectivity index (χ1v) is 10.1. The lowest BCUT2D eigenvalue weighted by molar-refractivity contribution is 0.143. The van der Waals surface area contributed by atoms with E-state index in [0.29, 0.717) is 10.6 Å². The van der Waals surface area contributed by atoms with Gasteiger partial charge in [-0.25, -0.2) is 17.9 Å². The van der Waals surface area contributed by atoms with Gasteiger partial charge in [-0.15, -0.1) is 0 Å². The molecule has 1 heterocycles. The number of sulfonamides is 1. The van der Waals surface area contributed by atoms with Gasteiger partial charge in [0.2, 0.25) is 10.0 Å². The van der Waals surface area contributed by atoms with Crippen LogP contribution in [0.2, 0.25) is 5.02 Å². The van der Waals surface area contributed by atoms with Crippen molar-refractivity contribution in [2.24, 2.45) is 0 Å². The van der Waals surface area contributed by atoms with E-state index in [1.807, 2.05) is 31.2 Å². The van der Waals surface area contributed by atoms with Gasteiger partial charge >= 0.3 is 6.09 Å². The number of carbonyl (C=O) groups is 1. The van der Waals surface area contributed by atoms with E-state index in [4.69, 9.17) is 16.3 Å². The zero-order valence-corrected chi connectivity index (χ0v) is 15.8. The monoisotopic (exact) mass is 394 g/mol. The molecule has 1 saturated heterocycles. The predicted molar refractivity (Wildman–Crippen MR) is 101 cm³/mol. The Bertz CT molecular complexity index is 900. The highest BCUT2D eigenvalue weighted by molar-refractivity contribution is 7.88. The van der Waals surface area contributed by atoms with Crippen LogP contribution >= 0.6 is 11.6 Å². The van der Waals surface area contributed by atoms with Crippen molar-refractivity contribution in [3.05, 3.63) is 64.7 Å². The molecular weight excluding hydrogens is 376 g/mol. The van der Waals surface area contributed by atoms with Crippen LogP contribution in [0.25, 0.3) is 0 Å². The molecular formula is C18H19ClN2O4S. The number of carbonyl (C=O) groups excluding carboxylic acids is 1. The number of benzene rings is 2. The fourth-order valence-corrected chi connectivity index (χ4v) is 4.14. The molecule has 0 bridgehead atoms. The lowest BCUT2D eigenvalue weighted by Gasteiger charge is -2.13. The van der Waals surface area contributed by atoms with E-state index in [2.05, 4.69) is 4.72 Å². The van der Waals surface area contributed by atoms with Crippen molar-refractivity contribution in [2.45, 2.75) is 18.8 Å². The van der Waals surface area contributed by atoms with Gasteiger partial charge in [0.25, 0.3) is 0 Å². The molecule has 8 heteroatoms. The van der Waals surface area contributed by atoms with Crippen LogP contribution in [0.3, 0.4) is 0 Å². The molecule has 2 aromatic rings. The molecule has 1 aliphatic heterocycles. The molecule has 2 aromatic carbocycles. The molecule has 0 aliphatic carbocycles. The molecule has 1 fully saturated rings. The Morgan fingerprint density at radius 2 is 1.88 bits per heavy atom. The molecule has 1 N–H and O–H groups in total. The normalized spacial score (nSPS) is 17.4. The van der Waals surface area contributed by atoms with Crippen LogP contribution in [0.5, 0.6) is 0 Å². The third-order valence-corrected chi connectivity index (χ3v) is 5.72. The van der Waals surface area contributed by atoms with Gasteiger partial charge in [0, 0.05) is 17.3 Å². The van der Waals surface area contributed by atoms with Crippen molar-refractivity contribution in [2.75, 3.05) is 18.0 Å². The third-order valence-electron chi connectivity index (χ3n) is 4.05. The van der Waals surface area contributed by atoms with Crippen molar-refractivity contribution in [3.8, 4) is 0 Å². The highest BCUT2D eigenvalue weighted by Crippen LogP contribution is 2.22. The third kappa shape index (κ3) is 4.55. The first-order valence-electron chi connectivity index (χ1n) is 8.09. The van der Waals surface area contributed by atoms with Crippen molar-refractivity contribution in [3.63, 3.8) is 0 Å². The molecule has 0 spiro atoms. The molecule has 1 atom stereocenters. The van der Waals surface area contributed by atoms with Gasteiger partial charge in [0.1, 0.15) is 6.10 Å². The zero-order valence-electron chi connectivity index (χ0n) is 14.2. The number of halogens is 1. The second-order valence-electron chi connectivity index (χ2n) is 6.15. The molecule has 1 aliphatic rings. The lowest BCUT2D eigenvalue weighted by atomic mass is 10.2. The minimum absolute atomic E-state index is 0.0148. The van der Waals surface area contributed by atoms with Crippen molar-refractivity contribution in [1.82, 2.24) is 4.72 Å². The van der Waals surface area contributed by atoms with Crippen LogP contribution < -0.4 is 9.62 Å². The number of aryl methyl sites for hydroxylation is 1. The highest BCUT2D eigenvalue weighted by Gasteiger charge is 2.33. The summed E-state index contributed by atoms with van der Waals surface area (Å²) >= 11 is 6.01. The Balaban J connectivity index is 1.59. The summed E-state index contributed by atoms with van der Waals surface area (Å²) in [6, 6.07) is 14.3. The molecule has 0 radical (unpaired) electrons. The van der Waals surface area contributed by atoms with Gasteiger partial charge in [0.05, 0.1) is 12.3 Å². The maximum atomic E-state index is 12.3. The van der Waals surface area contributed by atoms with Gasteiger partial charge < -0.3 is 4.74 Å². The van der Waals surface area contributed by atoms with Gasteiger partial charge in [-0.3, -0.25) is 4.90 Å². The summed E-state index contributed by atoms with van der Waals surface area (Å²) in [5.41, 5.74) is 2.33. The van der Waals surface area contributed by atoms with Crippen molar-refractivity contribution < 1.29 is 17.9 Å². The van der Waals surface area contributed by atoms with Crippen LogP contribution in [0.1, 0.15) is 11.1 Å². The number of nitrogens with zero attached hydrogens (tertiary/aromatic N) is 1. The van der Waals surface area contributed by atoms with Gasteiger partial charge in [-0.1, -0.05) is 47.5 Å². The number of nitrogens with one attached hydrogen (secondary N) is 1. The van der Waals surface area contributed by atoms with Crippen molar-refractivity contribution >= 4 is 33.4 Å². The van der Waals surface area contributed by atoms with E-state index in [1.165, 1.54) is 4.90 Å². The van der Waals surface area contributed by atoms with Crippen LogP contribution in [-0.4, -0.2) is 33.7 Å². The average molecular weight is 395 g/mol. The molecule has 6 nitrogen and oxygen atoms in total. The zero-order chi connectivity index (χ0) is 18.7. The second-order valence-corrected chi connectivity index (χ2v) is 8.36. The summed E-state index contributed by atoms with van der Waals surface area (Å²) in [6.45, 7) is 2.26. The molecule has 138 valence electrons. The number of hydrogen-bond donors (Lipinski definition) is 1. The van der Waals surface area contributed by atoms with Gasteiger partial charge in [0.15, 0.2) is 0 Å². The molecule has 0 aromatic heterocycles. The average Bonchev–Trinajstić information content (AvgIpc) is 2.97. The molecule has 1 unspecified atom stereocenters. The second kappa shape index (κ2) is 7.65. The summed E-state index contributed by atoms with van der Waals surface area (Å²) < 4.78 is 32.3. The number of anilines is 1. The van der Waals surface area contributed by atoms with Crippen LogP contribution in [0.15, 0.2) is 48.5 Å². The maximum Gasteiger partial charge on any atom is 0.414 e. The first-order chi connectivity index (χ1) is 12.3. The first kappa shape index (κ1) is 18.7. The fourth-order valence-electron chi connectivity index (χ4n) is 2.65. The fraction of sp³-hybridized carbons (Fsp3) is 0.278. The van der Waals surface area contributed by atoms with E-state index in [0.717, 1.165) is 11.3 Å². The Hall–Kier alpha value is -2.09. The highest BCUT2D eigenvalue weighted by atomic mass is 35.5. The van der Waals surface area contributed by atoms with E-state index in [1.54, 1.807) is 24.3 Å². The number of hydrogen-bond acceptors (Lipinski definition) is 4. The number of cyclic esters (lactones) is 1. The smallest absolute Gasteiger partial charge is 0.414 e. The molecule has 3 rings (SSSR count). The molecule has 1 amide bonds. The summed E-state index contributed by atoms with van der Waals surface area (Å²) in [5.74, 6) is -0.227. The predicted octanol–water partition coefficient (Wildman–Crippen LogP) is 3.09. The minimum Gasteiger partial charge on any atom is -0.443 e. The summed E-state index contributed by atoms with van der Waals surface area (Å²) in [7, 11) is -3.59. The largest absolute Gasteiger partial charge is 0.443 e. The van der Waals surface area contributed by atoms with E-state index in [9.17, 15) is 13.2 Å². The number of amides is 1. The van der Waals surface area contributed by atoms with E-state index >= 15 is 0 Å². The lowest BCUT2D eigenvalue weighted by Crippen LogP contribution is -2.35. The van der Waals surface area contributed by atoms with Crippen LogP contribution in [-0.2, 0) is 20.5 Å². The SMILES string of the molecule is Cc1ccc(N2CC(CNS(=O)(=O)Cc3ccccc3Cl)OC2=O)cc1. The summed E-state index contributed by atoms with van der Waals surface area (Å²) in [4.78, 5) is 13.5. The Labute approximate surface area is 157 Å². The maximum absolute atomic E-state index is 12.3. The van der Waals surface area contributed by atoms with Gasteiger partial charge in [-0.2, -0.15) is 0 Å². The van der Waals surface area contributed by atoms with Crippen LogP contribution in [0.4, 0.5) is 10.5 Å². The molecule has 0 saturated carbocycles. The van der Waals surface area contributed by atoms with E-state index < -0.39 is 22.2 Å². The Morgan fingerprint density at radius 3 is 2.58 bits per heavy atom.